The molecule has 0 atom stereocenters. The molecular weight excluding hydrogens is 457 g/mol. The molecule has 0 amide bonds. The lowest BCUT2D eigenvalue weighted by molar-refractivity contribution is 0.407. The SMILES string of the molecule is COc1c(Br)cc(Br)cc1CNc1ccc(F)c(Br)c1. The normalized spacial score (nSPS) is 10.4. The van der Waals surface area contributed by atoms with Gasteiger partial charge in [0.15, 0.2) is 0 Å². The van der Waals surface area contributed by atoms with Crippen LogP contribution < -0.4 is 10.1 Å². The number of ether oxygens (including phenoxy) is 1. The second-order valence-electron chi connectivity index (χ2n) is 4.06. The second-order valence-corrected chi connectivity index (χ2v) is 6.69. The molecule has 0 heterocycles. The third-order valence-electron chi connectivity index (χ3n) is 2.69. The molecule has 0 bridgehead atoms. The van der Waals surface area contributed by atoms with Gasteiger partial charge in [-0.05, 0) is 62.2 Å². The number of rotatable bonds is 4. The van der Waals surface area contributed by atoms with Gasteiger partial charge in [0, 0.05) is 22.3 Å². The Bertz CT molecular complexity index is 634. The van der Waals surface area contributed by atoms with Crippen molar-refractivity contribution in [2.75, 3.05) is 12.4 Å². The van der Waals surface area contributed by atoms with Gasteiger partial charge in [0.1, 0.15) is 11.6 Å². The van der Waals surface area contributed by atoms with Gasteiger partial charge < -0.3 is 10.1 Å². The fraction of sp³-hybridized carbons (Fsp3) is 0.143. The van der Waals surface area contributed by atoms with Gasteiger partial charge in [-0.15, -0.1) is 0 Å². The summed E-state index contributed by atoms with van der Waals surface area (Å²) in [4.78, 5) is 0. The summed E-state index contributed by atoms with van der Waals surface area (Å²) >= 11 is 10.1. The summed E-state index contributed by atoms with van der Waals surface area (Å²) in [6.45, 7) is 0.569. The van der Waals surface area contributed by atoms with Crippen LogP contribution in [0.5, 0.6) is 5.75 Å². The van der Waals surface area contributed by atoms with E-state index in [0.29, 0.717) is 11.0 Å². The van der Waals surface area contributed by atoms with Crippen LogP contribution in [0.2, 0.25) is 0 Å². The van der Waals surface area contributed by atoms with E-state index >= 15 is 0 Å². The molecule has 0 saturated carbocycles. The topological polar surface area (TPSA) is 21.3 Å². The van der Waals surface area contributed by atoms with E-state index in [2.05, 4.69) is 53.1 Å². The lowest BCUT2D eigenvalue weighted by atomic mass is 10.2. The van der Waals surface area contributed by atoms with Crippen molar-refractivity contribution in [2.45, 2.75) is 6.54 Å². The summed E-state index contributed by atoms with van der Waals surface area (Å²) in [5.74, 6) is 0.500. The van der Waals surface area contributed by atoms with E-state index in [1.54, 1.807) is 19.2 Å². The number of methoxy groups -OCH3 is 1. The van der Waals surface area contributed by atoms with Crippen LogP contribution >= 0.6 is 47.8 Å². The third-order valence-corrected chi connectivity index (χ3v) is 4.35. The molecule has 106 valence electrons. The molecule has 0 aliphatic heterocycles. The Morgan fingerprint density at radius 2 is 1.85 bits per heavy atom. The predicted octanol–water partition coefficient (Wildman–Crippen LogP) is 5.73. The Balaban J connectivity index is 2.20. The molecule has 2 aromatic carbocycles. The Kier molecular flexibility index (Phi) is 5.46. The van der Waals surface area contributed by atoms with Gasteiger partial charge >= 0.3 is 0 Å². The molecule has 1 N–H and O–H groups in total. The minimum Gasteiger partial charge on any atom is -0.495 e. The van der Waals surface area contributed by atoms with Gasteiger partial charge in [0.2, 0.25) is 0 Å². The Morgan fingerprint density at radius 3 is 2.50 bits per heavy atom. The highest BCUT2D eigenvalue weighted by molar-refractivity contribution is 9.11. The zero-order valence-electron chi connectivity index (χ0n) is 10.5. The Hall–Kier alpha value is -0.590. The number of halogens is 4. The molecule has 2 aromatic rings. The standard InChI is InChI=1S/C14H11Br3FNO/c1-20-14-8(4-9(15)5-12(14)17)7-19-10-2-3-13(18)11(16)6-10/h2-6,19H,7H2,1H3. The van der Waals surface area contributed by atoms with Crippen LogP contribution in [-0.2, 0) is 6.54 Å². The largest absolute Gasteiger partial charge is 0.495 e. The second kappa shape index (κ2) is 6.91. The molecule has 6 heteroatoms. The van der Waals surface area contributed by atoms with Crippen LogP contribution in [0.3, 0.4) is 0 Å². The van der Waals surface area contributed by atoms with Crippen LogP contribution in [0.4, 0.5) is 10.1 Å². The van der Waals surface area contributed by atoms with E-state index in [1.807, 2.05) is 12.1 Å². The summed E-state index contributed by atoms with van der Waals surface area (Å²) in [7, 11) is 1.63. The number of hydrogen-bond acceptors (Lipinski definition) is 2. The molecule has 2 nitrogen and oxygen atoms in total. The van der Waals surface area contributed by atoms with Gasteiger partial charge in [0.25, 0.3) is 0 Å². The Labute approximate surface area is 142 Å². The van der Waals surface area contributed by atoms with Crippen molar-refractivity contribution in [2.24, 2.45) is 0 Å². The molecule has 0 aliphatic carbocycles. The van der Waals surface area contributed by atoms with Crippen molar-refractivity contribution in [3.63, 3.8) is 0 Å². The van der Waals surface area contributed by atoms with Crippen LogP contribution in [0, 0.1) is 5.82 Å². The third kappa shape index (κ3) is 3.74. The highest BCUT2D eigenvalue weighted by Crippen LogP contribution is 2.33. The van der Waals surface area contributed by atoms with Gasteiger partial charge in [-0.1, -0.05) is 15.9 Å². The number of hydrogen-bond donors (Lipinski definition) is 1. The lowest BCUT2D eigenvalue weighted by Crippen LogP contribution is -2.02. The number of anilines is 1. The van der Waals surface area contributed by atoms with Gasteiger partial charge in [-0.2, -0.15) is 0 Å². The summed E-state index contributed by atoms with van der Waals surface area (Å²) in [6, 6.07) is 8.72. The quantitative estimate of drug-likeness (QED) is 0.619. The van der Waals surface area contributed by atoms with Gasteiger partial charge in [0.05, 0.1) is 16.1 Å². The minimum absolute atomic E-state index is 0.279. The zero-order chi connectivity index (χ0) is 14.7. The van der Waals surface area contributed by atoms with E-state index in [1.165, 1.54) is 6.07 Å². The van der Waals surface area contributed by atoms with Crippen molar-refractivity contribution in [1.82, 2.24) is 0 Å². The van der Waals surface area contributed by atoms with Crippen molar-refractivity contribution in [1.29, 1.82) is 0 Å². The molecule has 0 aliphatic rings. The summed E-state index contributed by atoms with van der Waals surface area (Å²) in [5, 5.41) is 3.24. The molecule has 0 radical (unpaired) electrons. The van der Waals surface area contributed by atoms with E-state index in [-0.39, 0.29) is 5.82 Å². The fourth-order valence-electron chi connectivity index (χ4n) is 1.78. The molecule has 0 fully saturated rings. The number of benzene rings is 2. The highest BCUT2D eigenvalue weighted by Gasteiger charge is 2.09. The molecule has 0 spiro atoms. The molecular formula is C14H11Br3FNO. The highest BCUT2D eigenvalue weighted by atomic mass is 79.9. The van der Waals surface area contributed by atoms with Gasteiger partial charge in [-0.3, -0.25) is 0 Å². The fourth-order valence-corrected chi connectivity index (χ4v) is 3.63. The monoisotopic (exact) mass is 465 g/mol. The average molecular weight is 468 g/mol. The van der Waals surface area contributed by atoms with Crippen LogP contribution in [-0.4, -0.2) is 7.11 Å². The van der Waals surface area contributed by atoms with E-state index in [4.69, 9.17) is 4.74 Å². The smallest absolute Gasteiger partial charge is 0.138 e. The first-order valence-corrected chi connectivity index (χ1v) is 8.10. The van der Waals surface area contributed by atoms with E-state index in [9.17, 15) is 4.39 Å². The van der Waals surface area contributed by atoms with E-state index < -0.39 is 0 Å². The maximum absolute atomic E-state index is 13.2. The lowest BCUT2D eigenvalue weighted by Gasteiger charge is -2.13. The van der Waals surface area contributed by atoms with E-state index in [0.717, 1.165) is 25.9 Å². The summed E-state index contributed by atoms with van der Waals surface area (Å²) in [6.07, 6.45) is 0. The molecule has 0 unspecified atom stereocenters. The first-order chi connectivity index (χ1) is 9.51. The number of nitrogens with one attached hydrogen (secondary N) is 1. The average Bonchev–Trinajstić information content (AvgIpc) is 2.39. The van der Waals surface area contributed by atoms with Crippen molar-refractivity contribution in [3.05, 3.63) is 55.1 Å². The maximum atomic E-state index is 13.2. The van der Waals surface area contributed by atoms with Gasteiger partial charge in [-0.25, -0.2) is 4.39 Å². The first-order valence-electron chi connectivity index (χ1n) is 5.72. The molecule has 0 aromatic heterocycles. The summed E-state index contributed by atoms with van der Waals surface area (Å²) in [5.41, 5.74) is 1.82. The van der Waals surface area contributed by atoms with Crippen LogP contribution in [0.1, 0.15) is 5.56 Å². The predicted molar refractivity (Wildman–Crippen MR) is 89.8 cm³/mol. The minimum atomic E-state index is -0.279. The first kappa shape index (κ1) is 15.8. The molecule has 20 heavy (non-hydrogen) atoms. The molecule has 2 rings (SSSR count). The molecule has 0 saturated heterocycles. The van der Waals surface area contributed by atoms with Crippen LogP contribution in [0.15, 0.2) is 43.7 Å². The van der Waals surface area contributed by atoms with Crippen molar-refractivity contribution in [3.8, 4) is 5.75 Å². The van der Waals surface area contributed by atoms with Crippen molar-refractivity contribution >= 4 is 53.5 Å². The zero-order valence-corrected chi connectivity index (χ0v) is 15.3. The summed E-state index contributed by atoms with van der Waals surface area (Å²) < 4.78 is 20.8. The van der Waals surface area contributed by atoms with Crippen molar-refractivity contribution < 1.29 is 9.13 Å². The van der Waals surface area contributed by atoms with Crippen LogP contribution in [0.25, 0.3) is 0 Å². The Morgan fingerprint density at radius 1 is 1.10 bits per heavy atom. The maximum Gasteiger partial charge on any atom is 0.138 e.